The van der Waals surface area contributed by atoms with Gasteiger partial charge in [-0.25, -0.2) is 17.2 Å². The van der Waals surface area contributed by atoms with E-state index in [-0.39, 0.29) is 16.4 Å². The minimum absolute atomic E-state index is 0.149. The topological polar surface area (TPSA) is 107 Å². The van der Waals surface area contributed by atoms with E-state index in [1.807, 2.05) is 6.92 Å². The van der Waals surface area contributed by atoms with Crippen LogP contribution >= 0.6 is 11.7 Å². The lowest BCUT2D eigenvalue weighted by molar-refractivity contribution is 0.445. The smallest absolute Gasteiger partial charge is 0.246 e. The molecule has 1 fully saturated rings. The van der Waals surface area contributed by atoms with Gasteiger partial charge in [0.05, 0.1) is 23.5 Å². The highest BCUT2D eigenvalue weighted by Gasteiger charge is 2.30. The third-order valence-electron chi connectivity index (χ3n) is 5.43. The van der Waals surface area contributed by atoms with Gasteiger partial charge in [0.15, 0.2) is 17.4 Å². The zero-order chi connectivity index (χ0) is 23.6. The van der Waals surface area contributed by atoms with Gasteiger partial charge < -0.3 is 15.7 Å². The van der Waals surface area contributed by atoms with Gasteiger partial charge in [0.1, 0.15) is 16.5 Å². The molecule has 3 N–H and O–H groups in total. The molecule has 1 atom stereocenters. The summed E-state index contributed by atoms with van der Waals surface area (Å²) in [4.78, 5) is -0.186. The van der Waals surface area contributed by atoms with Crippen LogP contribution in [0.3, 0.4) is 0 Å². The van der Waals surface area contributed by atoms with E-state index in [2.05, 4.69) is 19.4 Å². The molecular formula is C21H23F2N5O3S2. The van der Waals surface area contributed by atoms with E-state index in [1.165, 1.54) is 34.6 Å². The minimum atomic E-state index is -3.82. The number of anilines is 3. The van der Waals surface area contributed by atoms with Gasteiger partial charge in [0.2, 0.25) is 10.0 Å². The van der Waals surface area contributed by atoms with Crippen LogP contribution in [-0.2, 0) is 10.0 Å². The second-order valence-electron chi connectivity index (χ2n) is 7.66. The van der Waals surface area contributed by atoms with Crippen LogP contribution in [0.25, 0.3) is 0 Å². The molecule has 0 unspecified atom stereocenters. The largest absolute Gasteiger partial charge is 0.504 e. The van der Waals surface area contributed by atoms with Crippen molar-refractivity contribution in [1.29, 1.82) is 0 Å². The first kappa shape index (κ1) is 23.3. The zero-order valence-corrected chi connectivity index (χ0v) is 19.4. The number of hydrogen-bond acceptors (Lipinski definition) is 8. The number of nitrogens with one attached hydrogen (secondary N) is 2. The lowest BCUT2D eigenvalue weighted by Crippen LogP contribution is -2.28. The highest BCUT2D eigenvalue weighted by Crippen LogP contribution is 2.37. The van der Waals surface area contributed by atoms with E-state index in [1.54, 1.807) is 0 Å². The molecule has 0 aliphatic carbocycles. The van der Waals surface area contributed by atoms with E-state index in [4.69, 9.17) is 0 Å². The van der Waals surface area contributed by atoms with Crippen molar-refractivity contribution >= 4 is 39.1 Å². The summed E-state index contributed by atoms with van der Waals surface area (Å²) >= 11 is 0.894. The van der Waals surface area contributed by atoms with Gasteiger partial charge in [-0.15, -0.1) is 0 Å². The monoisotopic (exact) mass is 495 g/mol. The number of sulfonamides is 1. The fourth-order valence-corrected chi connectivity index (χ4v) is 5.85. The quantitative estimate of drug-likeness (QED) is 0.392. The summed E-state index contributed by atoms with van der Waals surface area (Å²) in [5.74, 6) is -1.21. The number of aromatic nitrogens is 2. The standard InChI is InChI=1S/C21H23F2N5O3S2/c1-2-16(13-10-14(22)12-15(23)11-13)24-20-21(27-32-26-20)25-17-6-5-7-18(19(17)29)33(30,31)28-8-3-4-9-28/h5-7,10-12,16,29H,2-4,8-9H2,1H3,(H,24,26)(H,25,27)/t16-/m1/s1. The summed E-state index contributed by atoms with van der Waals surface area (Å²) in [5, 5.41) is 16.8. The van der Waals surface area contributed by atoms with Gasteiger partial charge in [0, 0.05) is 19.2 Å². The van der Waals surface area contributed by atoms with Crippen molar-refractivity contribution in [2.75, 3.05) is 23.7 Å². The highest BCUT2D eigenvalue weighted by atomic mass is 32.2. The van der Waals surface area contributed by atoms with E-state index < -0.39 is 33.4 Å². The molecule has 2 aromatic carbocycles. The molecule has 2 heterocycles. The summed E-state index contributed by atoms with van der Waals surface area (Å²) in [5.41, 5.74) is 0.561. The third kappa shape index (κ3) is 4.92. The van der Waals surface area contributed by atoms with Crippen LogP contribution in [0.4, 0.5) is 26.1 Å². The van der Waals surface area contributed by atoms with Crippen LogP contribution in [0.1, 0.15) is 37.8 Å². The van der Waals surface area contributed by atoms with E-state index in [0.717, 1.165) is 30.6 Å². The Labute approximate surface area is 194 Å². The van der Waals surface area contributed by atoms with Crippen LogP contribution in [0.5, 0.6) is 5.75 Å². The Morgan fingerprint density at radius 3 is 2.45 bits per heavy atom. The van der Waals surface area contributed by atoms with Crippen molar-refractivity contribution in [1.82, 2.24) is 13.1 Å². The molecule has 176 valence electrons. The minimum Gasteiger partial charge on any atom is -0.504 e. The number of nitrogens with zero attached hydrogens (tertiary/aromatic N) is 3. The molecule has 0 amide bonds. The first-order chi connectivity index (χ1) is 15.8. The normalized spacial score (nSPS) is 15.5. The van der Waals surface area contributed by atoms with Crippen molar-refractivity contribution in [3.63, 3.8) is 0 Å². The second-order valence-corrected chi connectivity index (χ2v) is 10.1. The Hall–Kier alpha value is -2.83. The molecule has 8 nitrogen and oxygen atoms in total. The molecule has 0 bridgehead atoms. The maximum atomic E-state index is 13.7. The first-order valence-corrected chi connectivity index (χ1v) is 12.6. The number of phenolic OH excluding ortho intramolecular Hbond substituents is 1. The van der Waals surface area contributed by atoms with Gasteiger partial charge in [0.25, 0.3) is 0 Å². The molecule has 33 heavy (non-hydrogen) atoms. The lowest BCUT2D eigenvalue weighted by atomic mass is 10.0. The summed E-state index contributed by atoms with van der Waals surface area (Å²) in [6.45, 7) is 2.69. The Morgan fingerprint density at radius 1 is 1.12 bits per heavy atom. The predicted molar refractivity (Wildman–Crippen MR) is 122 cm³/mol. The molecule has 1 saturated heterocycles. The van der Waals surface area contributed by atoms with Crippen molar-refractivity contribution in [3.8, 4) is 5.75 Å². The third-order valence-corrected chi connectivity index (χ3v) is 7.89. The van der Waals surface area contributed by atoms with E-state index in [0.29, 0.717) is 30.9 Å². The summed E-state index contributed by atoms with van der Waals surface area (Å²) < 4.78 is 62.9. The average Bonchev–Trinajstić information content (AvgIpc) is 3.45. The maximum Gasteiger partial charge on any atom is 0.246 e. The van der Waals surface area contributed by atoms with Crippen LogP contribution in [-0.4, -0.2) is 39.7 Å². The van der Waals surface area contributed by atoms with Crippen molar-refractivity contribution in [2.45, 2.75) is 37.1 Å². The summed E-state index contributed by atoms with van der Waals surface area (Å²) in [6, 6.07) is 7.27. The fraction of sp³-hybridized carbons (Fsp3) is 0.333. The van der Waals surface area contributed by atoms with Crippen LogP contribution < -0.4 is 10.6 Å². The SMILES string of the molecule is CC[C@@H](Nc1nsnc1Nc1cccc(S(=O)(=O)N2CCCC2)c1O)c1cc(F)cc(F)c1. The van der Waals surface area contributed by atoms with Crippen LogP contribution in [0.2, 0.25) is 0 Å². The number of phenols is 1. The number of benzene rings is 2. The van der Waals surface area contributed by atoms with Crippen molar-refractivity contribution in [2.24, 2.45) is 0 Å². The number of para-hydroxylation sites is 1. The average molecular weight is 496 g/mol. The summed E-state index contributed by atoms with van der Waals surface area (Å²) in [6.07, 6.45) is 2.07. The van der Waals surface area contributed by atoms with Gasteiger partial charge >= 0.3 is 0 Å². The molecule has 1 aliphatic rings. The molecule has 12 heteroatoms. The van der Waals surface area contributed by atoms with Crippen molar-refractivity contribution < 1.29 is 22.3 Å². The first-order valence-electron chi connectivity index (χ1n) is 10.4. The molecule has 4 rings (SSSR count). The van der Waals surface area contributed by atoms with Gasteiger partial charge in [-0.1, -0.05) is 13.0 Å². The molecule has 0 spiro atoms. The Morgan fingerprint density at radius 2 is 1.79 bits per heavy atom. The van der Waals surface area contributed by atoms with Gasteiger partial charge in [-0.2, -0.15) is 13.1 Å². The molecule has 0 radical (unpaired) electrons. The molecular weight excluding hydrogens is 472 g/mol. The summed E-state index contributed by atoms with van der Waals surface area (Å²) in [7, 11) is -3.82. The van der Waals surface area contributed by atoms with E-state index >= 15 is 0 Å². The fourth-order valence-electron chi connectivity index (χ4n) is 3.75. The van der Waals surface area contributed by atoms with E-state index in [9.17, 15) is 22.3 Å². The van der Waals surface area contributed by atoms with Gasteiger partial charge in [-0.05, 0) is 49.1 Å². The molecule has 3 aromatic rings. The highest BCUT2D eigenvalue weighted by molar-refractivity contribution is 7.89. The van der Waals surface area contributed by atoms with Crippen LogP contribution in [0.15, 0.2) is 41.3 Å². The number of aromatic hydroxyl groups is 1. The maximum absolute atomic E-state index is 13.7. The predicted octanol–water partition coefficient (Wildman–Crippen LogP) is 4.61. The molecule has 0 saturated carbocycles. The number of rotatable bonds is 8. The zero-order valence-electron chi connectivity index (χ0n) is 17.8. The Balaban J connectivity index is 1.59. The Kier molecular flexibility index (Phi) is 6.77. The second kappa shape index (κ2) is 9.57. The lowest BCUT2D eigenvalue weighted by Gasteiger charge is -2.19. The van der Waals surface area contributed by atoms with Gasteiger partial charge in [-0.3, -0.25) is 0 Å². The number of hydrogen-bond donors (Lipinski definition) is 3. The number of halogens is 2. The van der Waals surface area contributed by atoms with Crippen molar-refractivity contribution in [3.05, 3.63) is 53.6 Å². The molecule has 1 aliphatic heterocycles. The van der Waals surface area contributed by atoms with Crippen LogP contribution in [0, 0.1) is 11.6 Å². The molecule has 1 aromatic heterocycles. The Bertz CT molecular complexity index is 1230.